The lowest BCUT2D eigenvalue weighted by atomic mass is 10.0. The van der Waals surface area contributed by atoms with E-state index in [0.29, 0.717) is 21.7 Å². The van der Waals surface area contributed by atoms with Gasteiger partial charge in [-0.15, -0.1) is 11.3 Å². The first-order valence-electron chi connectivity index (χ1n) is 6.93. The molecule has 0 saturated carbocycles. The highest BCUT2D eigenvalue weighted by molar-refractivity contribution is 7.80. The van der Waals surface area contributed by atoms with Gasteiger partial charge in [-0.05, 0) is 35.6 Å². The van der Waals surface area contributed by atoms with E-state index in [2.05, 4.69) is 24.5 Å². The Kier molecular flexibility index (Phi) is 5.92. The van der Waals surface area contributed by atoms with Crippen molar-refractivity contribution in [2.45, 2.75) is 19.9 Å². The van der Waals surface area contributed by atoms with Gasteiger partial charge in [0, 0.05) is 17.0 Å². The lowest BCUT2D eigenvalue weighted by Gasteiger charge is -2.23. The van der Waals surface area contributed by atoms with Gasteiger partial charge in [-0.2, -0.15) is 0 Å². The first kappa shape index (κ1) is 17.7. The van der Waals surface area contributed by atoms with Crippen LogP contribution in [0.5, 0.6) is 0 Å². The molecule has 8 heteroatoms. The van der Waals surface area contributed by atoms with Crippen LogP contribution in [0.25, 0.3) is 0 Å². The summed E-state index contributed by atoms with van der Waals surface area (Å²) in [5.74, 6) is 0.328. The Balaban J connectivity index is 2.12. The molecule has 0 spiro atoms. The van der Waals surface area contributed by atoms with Crippen LogP contribution in [0.15, 0.2) is 35.7 Å². The maximum absolute atomic E-state index is 10.9. The Morgan fingerprint density at radius 2 is 2.13 bits per heavy atom. The van der Waals surface area contributed by atoms with Gasteiger partial charge >= 0.3 is 0 Å². The summed E-state index contributed by atoms with van der Waals surface area (Å²) in [6.07, 6.45) is 0. The van der Waals surface area contributed by atoms with E-state index in [4.69, 9.17) is 23.8 Å². The second-order valence-corrected chi connectivity index (χ2v) is 7.05. The van der Waals surface area contributed by atoms with Crippen molar-refractivity contribution in [1.82, 2.24) is 5.32 Å². The molecule has 23 heavy (non-hydrogen) atoms. The van der Waals surface area contributed by atoms with Gasteiger partial charge in [0.15, 0.2) is 5.11 Å². The van der Waals surface area contributed by atoms with E-state index >= 15 is 0 Å². The Bertz CT molecular complexity index is 705. The van der Waals surface area contributed by atoms with Crippen LogP contribution in [0.4, 0.5) is 11.4 Å². The first-order chi connectivity index (χ1) is 10.9. The Labute approximate surface area is 148 Å². The third-order valence-electron chi connectivity index (χ3n) is 3.21. The lowest BCUT2D eigenvalue weighted by Crippen LogP contribution is -2.34. The van der Waals surface area contributed by atoms with Gasteiger partial charge in [0.05, 0.1) is 21.7 Å². The molecule has 0 aliphatic heterocycles. The fourth-order valence-corrected chi connectivity index (χ4v) is 3.41. The molecule has 0 unspecified atom stereocenters. The van der Waals surface area contributed by atoms with E-state index in [1.807, 2.05) is 17.5 Å². The molecule has 1 heterocycles. The smallest absolute Gasteiger partial charge is 0.271 e. The van der Waals surface area contributed by atoms with E-state index in [9.17, 15) is 10.1 Å². The summed E-state index contributed by atoms with van der Waals surface area (Å²) in [5, 5.41) is 19.8. The summed E-state index contributed by atoms with van der Waals surface area (Å²) in [4.78, 5) is 11.6. The largest absolute Gasteiger partial charge is 0.355 e. The third kappa shape index (κ3) is 4.63. The molecule has 0 saturated heterocycles. The second kappa shape index (κ2) is 7.72. The van der Waals surface area contributed by atoms with Crippen LogP contribution < -0.4 is 10.6 Å². The van der Waals surface area contributed by atoms with Crippen LogP contribution in [-0.4, -0.2) is 10.0 Å². The quantitative estimate of drug-likeness (QED) is 0.441. The van der Waals surface area contributed by atoms with Gasteiger partial charge in [-0.25, -0.2) is 0 Å². The number of hydrogen-bond donors (Lipinski definition) is 2. The number of benzene rings is 1. The second-order valence-electron chi connectivity index (χ2n) is 5.26. The molecule has 2 aromatic rings. The molecule has 0 radical (unpaired) electrons. The van der Waals surface area contributed by atoms with Crippen molar-refractivity contribution in [2.24, 2.45) is 5.92 Å². The monoisotopic (exact) mass is 369 g/mol. The summed E-state index contributed by atoms with van der Waals surface area (Å²) >= 11 is 13.1. The predicted molar refractivity (Wildman–Crippen MR) is 99.4 cm³/mol. The highest BCUT2D eigenvalue weighted by Crippen LogP contribution is 2.28. The maximum Gasteiger partial charge on any atom is 0.271 e. The molecular formula is C15H16ClN3O2S2. The van der Waals surface area contributed by atoms with E-state index in [1.54, 1.807) is 11.3 Å². The molecule has 0 aliphatic carbocycles. The highest BCUT2D eigenvalue weighted by atomic mass is 35.5. The number of halogens is 1. The van der Waals surface area contributed by atoms with E-state index < -0.39 is 4.92 Å². The standard InChI is InChI=1S/C15H16ClN3O2S2/c1-9(2)14(13-4-3-7-23-13)18-15(22)17-12-8-10(19(20)21)5-6-11(12)16/h3-9,14H,1-2H3,(H2,17,18,22)/t14-/m1/s1. The summed E-state index contributed by atoms with van der Waals surface area (Å²) in [6.45, 7) is 4.20. The van der Waals surface area contributed by atoms with Crippen molar-refractivity contribution in [2.75, 3.05) is 5.32 Å². The van der Waals surface area contributed by atoms with Crippen LogP contribution in [0, 0.1) is 16.0 Å². The molecule has 0 fully saturated rings. The van der Waals surface area contributed by atoms with Crippen LogP contribution in [0.3, 0.4) is 0 Å². The molecule has 0 amide bonds. The topological polar surface area (TPSA) is 67.2 Å². The molecule has 1 atom stereocenters. The molecule has 122 valence electrons. The van der Waals surface area contributed by atoms with Crippen molar-refractivity contribution in [1.29, 1.82) is 0 Å². The molecule has 0 bridgehead atoms. The summed E-state index contributed by atoms with van der Waals surface area (Å²) in [5.41, 5.74) is 0.366. The van der Waals surface area contributed by atoms with Crippen LogP contribution in [0.2, 0.25) is 5.02 Å². The lowest BCUT2D eigenvalue weighted by molar-refractivity contribution is -0.384. The van der Waals surface area contributed by atoms with Crippen molar-refractivity contribution in [3.05, 3.63) is 55.7 Å². The SMILES string of the molecule is CC(C)[C@@H](NC(=S)Nc1cc([N+](=O)[O-])ccc1Cl)c1cccs1. The molecule has 2 N–H and O–H groups in total. The summed E-state index contributed by atoms with van der Waals surface area (Å²) < 4.78 is 0. The number of nitro benzene ring substituents is 1. The van der Waals surface area contributed by atoms with E-state index in [1.165, 1.54) is 23.1 Å². The number of nitro groups is 1. The zero-order chi connectivity index (χ0) is 17.0. The normalized spacial score (nSPS) is 12.0. The maximum atomic E-state index is 10.9. The number of anilines is 1. The Morgan fingerprint density at radius 1 is 1.39 bits per heavy atom. The average Bonchev–Trinajstić information content (AvgIpc) is 3.00. The minimum atomic E-state index is -0.472. The number of non-ortho nitro benzene ring substituents is 1. The van der Waals surface area contributed by atoms with Gasteiger partial charge in [-0.3, -0.25) is 10.1 Å². The fraction of sp³-hybridized carbons (Fsp3) is 0.267. The molecule has 1 aromatic carbocycles. The molecule has 1 aromatic heterocycles. The third-order valence-corrected chi connectivity index (χ3v) is 4.72. The summed E-state index contributed by atoms with van der Waals surface area (Å²) in [7, 11) is 0. The van der Waals surface area contributed by atoms with E-state index in [-0.39, 0.29) is 11.7 Å². The number of thiocarbonyl (C=S) groups is 1. The molecular weight excluding hydrogens is 354 g/mol. The number of hydrogen-bond acceptors (Lipinski definition) is 4. The Hall–Kier alpha value is -1.70. The van der Waals surface area contributed by atoms with Crippen molar-refractivity contribution in [3.63, 3.8) is 0 Å². The number of nitrogens with zero attached hydrogens (tertiary/aromatic N) is 1. The molecule has 2 rings (SSSR count). The van der Waals surface area contributed by atoms with E-state index in [0.717, 1.165) is 0 Å². The van der Waals surface area contributed by atoms with Crippen molar-refractivity contribution < 1.29 is 4.92 Å². The summed E-state index contributed by atoms with van der Waals surface area (Å²) in [6, 6.07) is 8.30. The van der Waals surface area contributed by atoms with Gasteiger partial charge in [0.1, 0.15) is 0 Å². The minimum Gasteiger partial charge on any atom is -0.355 e. The molecule has 5 nitrogen and oxygen atoms in total. The average molecular weight is 370 g/mol. The van der Waals surface area contributed by atoms with Crippen LogP contribution in [-0.2, 0) is 0 Å². The van der Waals surface area contributed by atoms with Gasteiger partial charge < -0.3 is 10.6 Å². The number of thiophene rings is 1. The predicted octanol–water partition coefficient (Wildman–Crippen LogP) is 4.99. The molecule has 0 aliphatic rings. The van der Waals surface area contributed by atoms with Crippen molar-refractivity contribution in [3.8, 4) is 0 Å². The fourth-order valence-electron chi connectivity index (χ4n) is 2.06. The number of nitrogens with one attached hydrogen (secondary N) is 2. The van der Waals surface area contributed by atoms with Crippen LogP contribution in [0.1, 0.15) is 24.8 Å². The zero-order valence-corrected chi connectivity index (χ0v) is 15.0. The zero-order valence-electron chi connectivity index (χ0n) is 12.6. The van der Waals surface area contributed by atoms with Gasteiger partial charge in [0.25, 0.3) is 5.69 Å². The number of rotatable bonds is 5. The minimum absolute atomic E-state index is 0.0432. The first-order valence-corrected chi connectivity index (χ1v) is 8.60. The van der Waals surface area contributed by atoms with Crippen LogP contribution >= 0.6 is 35.2 Å². The van der Waals surface area contributed by atoms with Gasteiger partial charge in [0.2, 0.25) is 0 Å². The van der Waals surface area contributed by atoms with Crippen molar-refractivity contribution >= 4 is 51.6 Å². The van der Waals surface area contributed by atoms with Gasteiger partial charge in [-0.1, -0.05) is 31.5 Å². The Morgan fingerprint density at radius 3 is 2.70 bits per heavy atom. The highest BCUT2D eigenvalue weighted by Gasteiger charge is 2.18.